The first-order valence-electron chi connectivity index (χ1n) is 8.07. The van der Waals surface area contributed by atoms with E-state index < -0.39 is 24.8 Å². The predicted octanol–water partition coefficient (Wildman–Crippen LogP) is 4.49. The van der Waals surface area contributed by atoms with Crippen molar-refractivity contribution < 1.29 is 22.7 Å². The van der Waals surface area contributed by atoms with E-state index in [0.717, 1.165) is 15.9 Å². The summed E-state index contributed by atoms with van der Waals surface area (Å²) in [4.78, 5) is 17.9. The van der Waals surface area contributed by atoms with Crippen LogP contribution >= 0.6 is 11.3 Å². The van der Waals surface area contributed by atoms with Crippen LogP contribution in [-0.4, -0.2) is 28.3 Å². The molecule has 0 saturated heterocycles. The van der Waals surface area contributed by atoms with Crippen molar-refractivity contribution in [2.75, 3.05) is 11.9 Å². The number of imidazole rings is 1. The van der Waals surface area contributed by atoms with Gasteiger partial charge < -0.3 is 10.1 Å². The number of thiophene rings is 1. The Balaban J connectivity index is 1.84. The maximum atomic E-state index is 12.6. The van der Waals surface area contributed by atoms with Crippen LogP contribution in [0.25, 0.3) is 11.0 Å². The van der Waals surface area contributed by atoms with Crippen molar-refractivity contribution in [1.29, 1.82) is 0 Å². The largest absolute Gasteiger partial charge is 0.453 e. The highest BCUT2D eigenvalue weighted by molar-refractivity contribution is 7.10. The summed E-state index contributed by atoms with van der Waals surface area (Å²) in [7, 11) is 0. The number of aromatic nitrogens is 2. The first-order valence-corrected chi connectivity index (χ1v) is 8.95. The summed E-state index contributed by atoms with van der Waals surface area (Å²) < 4.78 is 44.0. The fourth-order valence-corrected chi connectivity index (χ4v) is 3.99. The zero-order chi connectivity index (χ0) is 19.2. The summed E-state index contributed by atoms with van der Waals surface area (Å²) >= 11 is 1.41. The fraction of sp³-hybridized carbons (Fsp3) is 0.222. The topological polar surface area (TPSA) is 56.2 Å². The number of rotatable bonds is 3. The Bertz CT molecular complexity index is 1040. The number of carbonyl (C=O) groups is 1. The predicted molar refractivity (Wildman–Crippen MR) is 95.5 cm³/mol. The van der Waals surface area contributed by atoms with Crippen molar-refractivity contribution >= 4 is 34.3 Å². The number of nitrogens with zero attached hydrogens (tertiary/aromatic N) is 2. The quantitative estimate of drug-likeness (QED) is 0.666. The standard InChI is InChI=1S/C18H14F3N3O2S/c1-10-14(16(25)26-9-18(19,20)21)15(13-7-4-8-27-13)24-12-6-3-2-5-11(12)23-17(24)22-10/h2-8,15H,9H2,1H3,(H,22,23). The molecule has 1 aromatic carbocycles. The molecule has 1 aliphatic heterocycles. The van der Waals surface area contributed by atoms with Gasteiger partial charge in [-0.2, -0.15) is 13.2 Å². The Morgan fingerprint density at radius 3 is 2.78 bits per heavy atom. The molecule has 1 aliphatic rings. The van der Waals surface area contributed by atoms with Crippen LogP contribution in [0.1, 0.15) is 17.8 Å². The molecule has 3 aromatic rings. The molecule has 4 rings (SSSR count). The number of hydrogen-bond donors (Lipinski definition) is 1. The van der Waals surface area contributed by atoms with E-state index in [1.54, 1.807) is 6.92 Å². The molecule has 2 aromatic heterocycles. The van der Waals surface area contributed by atoms with Crippen LogP contribution in [0.5, 0.6) is 0 Å². The van der Waals surface area contributed by atoms with Gasteiger partial charge in [-0.05, 0) is 30.5 Å². The van der Waals surface area contributed by atoms with Crippen LogP contribution in [-0.2, 0) is 9.53 Å². The lowest BCUT2D eigenvalue weighted by Crippen LogP contribution is -2.30. The molecule has 0 saturated carbocycles. The van der Waals surface area contributed by atoms with Crippen LogP contribution in [0, 0.1) is 0 Å². The number of esters is 1. The summed E-state index contributed by atoms with van der Waals surface area (Å²) in [5.41, 5.74) is 2.05. The van der Waals surface area contributed by atoms with Crippen molar-refractivity contribution in [1.82, 2.24) is 9.55 Å². The lowest BCUT2D eigenvalue weighted by atomic mass is 10.0. The SMILES string of the molecule is CC1=C(C(=O)OCC(F)(F)F)C(c2cccs2)n2c(nc3ccccc32)N1. The highest BCUT2D eigenvalue weighted by Gasteiger charge is 2.37. The van der Waals surface area contributed by atoms with E-state index in [4.69, 9.17) is 0 Å². The second-order valence-corrected chi connectivity index (χ2v) is 7.05. The molecule has 1 atom stereocenters. The Morgan fingerprint density at radius 2 is 2.07 bits per heavy atom. The number of benzene rings is 1. The minimum absolute atomic E-state index is 0.136. The monoisotopic (exact) mass is 393 g/mol. The number of nitrogens with one attached hydrogen (secondary N) is 1. The lowest BCUT2D eigenvalue weighted by molar-refractivity contribution is -0.183. The summed E-state index contributed by atoms with van der Waals surface area (Å²) in [6.45, 7) is 0.00490. The summed E-state index contributed by atoms with van der Waals surface area (Å²) in [5, 5.41) is 4.87. The van der Waals surface area contributed by atoms with Gasteiger partial charge in [-0.1, -0.05) is 18.2 Å². The van der Waals surface area contributed by atoms with Gasteiger partial charge in [0.1, 0.15) is 6.04 Å². The van der Waals surface area contributed by atoms with E-state index in [1.165, 1.54) is 11.3 Å². The number of hydrogen-bond acceptors (Lipinski definition) is 5. The fourth-order valence-electron chi connectivity index (χ4n) is 3.17. The summed E-state index contributed by atoms with van der Waals surface area (Å²) in [5.74, 6) is -0.473. The molecule has 1 unspecified atom stereocenters. The number of allylic oxidation sites excluding steroid dienone is 1. The van der Waals surface area contributed by atoms with Gasteiger partial charge in [0.2, 0.25) is 5.95 Å². The number of fused-ring (bicyclic) bond motifs is 3. The van der Waals surface area contributed by atoms with E-state index in [1.807, 2.05) is 46.3 Å². The number of carbonyl (C=O) groups excluding carboxylic acids is 1. The van der Waals surface area contributed by atoms with Crippen molar-refractivity contribution in [3.05, 3.63) is 57.9 Å². The molecule has 3 heterocycles. The number of ether oxygens (including phenoxy) is 1. The van der Waals surface area contributed by atoms with Gasteiger partial charge in [0, 0.05) is 10.6 Å². The Hall–Kier alpha value is -2.81. The number of alkyl halides is 3. The van der Waals surface area contributed by atoms with Gasteiger partial charge in [-0.3, -0.25) is 4.57 Å². The van der Waals surface area contributed by atoms with Crippen molar-refractivity contribution in [3.63, 3.8) is 0 Å². The molecule has 140 valence electrons. The first-order chi connectivity index (χ1) is 12.8. The molecule has 0 aliphatic carbocycles. The third-order valence-electron chi connectivity index (χ3n) is 4.23. The van der Waals surface area contributed by atoms with Crippen LogP contribution in [0.15, 0.2) is 53.0 Å². The van der Waals surface area contributed by atoms with E-state index in [-0.39, 0.29) is 5.57 Å². The van der Waals surface area contributed by atoms with Gasteiger partial charge in [0.25, 0.3) is 0 Å². The minimum Gasteiger partial charge on any atom is -0.453 e. The molecule has 0 fully saturated rings. The van der Waals surface area contributed by atoms with E-state index in [2.05, 4.69) is 15.0 Å². The van der Waals surface area contributed by atoms with Crippen molar-refractivity contribution in [2.45, 2.75) is 19.1 Å². The minimum atomic E-state index is -4.59. The average molecular weight is 393 g/mol. The molecule has 9 heteroatoms. The molecular formula is C18H14F3N3O2S. The van der Waals surface area contributed by atoms with E-state index in [0.29, 0.717) is 11.6 Å². The molecule has 1 N–H and O–H groups in total. The number of halogens is 3. The van der Waals surface area contributed by atoms with Gasteiger partial charge >= 0.3 is 12.1 Å². The highest BCUT2D eigenvalue weighted by atomic mass is 32.1. The van der Waals surface area contributed by atoms with Gasteiger partial charge in [0.05, 0.1) is 16.6 Å². The smallest absolute Gasteiger partial charge is 0.422 e. The molecule has 0 spiro atoms. The van der Waals surface area contributed by atoms with Crippen molar-refractivity contribution in [2.24, 2.45) is 0 Å². The molecule has 27 heavy (non-hydrogen) atoms. The molecule has 0 bridgehead atoms. The Morgan fingerprint density at radius 1 is 1.30 bits per heavy atom. The Kier molecular flexibility index (Phi) is 4.18. The van der Waals surface area contributed by atoms with E-state index >= 15 is 0 Å². The van der Waals surface area contributed by atoms with Gasteiger partial charge in [-0.15, -0.1) is 11.3 Å². The third-order valence-corrected chi connectivity index (χ3v) is 5.16. The lowest BCUT2D eigenvalue weighted by Gasteiger charge is -2.29. The number of anilines is 1. The highest BCUT2D eigenvalue weighted by Crippen LogP contribution is 2.41. The molecular weight excluding hydrogens is 379 g/mol. The molecule has 0 radical (unpaired) electrons. The van der Waals surface area contributed by atoms with Crippen LogP contribution in [0.4, 0.5) is 19.1 Å². The zero-order valence-electron chi connectivity index (χ0n) is 14.1. The normalized spacial score (nSPS) is 17.0. The molecule has 0 amide bonds. The maximum absolute atomic E-state index is 12.6. The average Bonchev–Trinajstić information content (AvgIpc) is 3.25. The maximum Gasteiger partial charge on any atom is 0.422 e. The Labute approximate surface area is 156 Å². The van der Waals surface area contributed by atoms with Crippen LogP contribution in [0.2, 0.25) is 0 Å². The third kappa shape index (κ3) is 3.18. The van der Waals surface area contributed by atoms with Gasteiger partial charge in [0.15, 0.2) is 6.61 Å². The summed E-state index contributed by atoms with van der Waals surface area (Å²) in [6.07, 6.45) is -4.59. The molecule has 5 nitrogen and oxygen atoms in total. The van der Waals surface area contributed by atoms with Crippen molar-refractivity contribution in [3.8, 4) is 0 Å². The van der Waals surface area contributed by atoms with Gasteiger partial charge in [-0.25, -0.2) is 9.78 Å². The van der Waals surface area contributed by atoms with E-state index in [9.17, 15) is 18.0 Å². The second kappa shape index (κ2) is 6.41. The number of para-hydroxylation sites is 2. The van der Waals surface area contributed by atoms with Crippen LogP contribution in [0.3, 0.4) is 0 Å². The zero-order valence-corrected chi connectivity index (χ0v) is 14.9. The second-order valence-electron chi connectivity index (χ2n) is 6.07. The van der Waals surface area contributed by atoms with Crippen LogP contribution < -0.4 is 5.32 Å². The first kappa shape index (κ1) is 17.6. The summed E-state index contributed by atoms with van der Waals surface area (Å²) in [6, 6.07) is 10.4.